The van der Waals surface area contributed by atoms with Crippen molar-refractivity contribution in [2.24, 2.45) is 0 Å². The van der Waals surface area contributed by atoms with Gasteiger partial charge in [-0.25, -0.2) is 0 Å². The molecule has 2 heterocycles. The van der Waals surface area contributed by atoms with Gasteiger partial charge in [-0.2, -0.15) is 0 Å². The normalized spacial score (nSPS) is 22.9. The Hall–Kier alpha value is -1.61. The second-order valence-electron chi connectivity index (χ2n) is 5.56. The maximum Gasteiger partial charge on any atom is 0.0703 e. The molecule has 2 aromatic rings. The minimum absolute atomic E-state index is 0.416. The fourth-order valence-corrected chi connectivity index (χ4v) is 2.92. The molecule has 0 amide bonds. The molecule has 20 heavy (non-hydrogen) atoms. The van der Waals surface area contributed by atoms with Crippen LogP contribution in [0.2, 0.25) is 0 Å². The number of aromatic nitrogens is 1. The quantitative estimate of drug-likeness (QED) is 0.912. The Bertz CT molecular complexity index is 568. The van der Waals surface area contributed by atoms with E-state index in [0.29, 0.717) is 12.1 Å². The third kappa shape index (κ3) is 3.10. The number of nitrogens with one attached hydrogen (secondary N) is 1. The fourth-order valence-electron chi connectivity index (χ4n) is 2.92. The van der Waals surface area contributed by atoms with Gasteiger partial charge in [0.05, 0.1) is 23.5 Å². The molecule has 1 N–H and O–H groups in total. The van der Waals surface area contributed by atoms with Gasteiger partial charge in [0.2, 0.25) is 0 Å². The van der Waals surface area contributed by atoms with Gasteiger partial charge in [0.15, 0.2) is 0 Å². The van der Waals surface area contributed by atoms with Crippen LogP contribution >= 0.6 is 0 Å². The number of anilines is 1. The molecule has 1 aromatic carbocycles. The SMILES string of the molecule is CCCC1CC(Nc2cnc3ccccc3c2)CCO1. The lowest BCUT2D eigenvalue weighted by Gasteiger charge is -2.30. The number of pyridine rings is 1. The molecule has 1 aliphatic rings. The Morgan fingerprint density at radius 3 is 3.15 bits per heavy atom. The van der Waals surface area contributed by atoms with Crippen LogP contribution in [0.4, 0.5) is 5.69 Å². The zero-order valence-corrected chi connectivity index (χ0v) is 12.0. The van der Waals surface area contributed by atoms with Gasteiger partial charge in [0.1, 0.15) is 0 Å². The molecular weight excluding hydrogens is 248 g/mol. The Balaban J connectivity index is 1.69. The van der Waals surface area contributed by atoms with Crippen LogP contribution in [-0.2, 0) is 4.74 Å². The number of ether oxygens (including phenoxy) is 1. The summed E-state index contributed by atoms with van der Waals surface area (Å²) < 4.78 is 5.80. The van der Waals surface area contributed by atoms with E-state index in [9.17, 15) is 0 Å². The number of nitrogens with zero attached hydrogens (tertiary/aromatic N) is 1. The van der Waals surface area contributed by atoms with E-state index in [4.69, 9.17) is 4.74 Å². The van der Waals surface area contributed by atoms with Crippen molar-refractivity contribution in [2.75, 3.05) is 11.9 Å². The van der Waals surface area contributed by atoms with E-state index in [1.54, 1.807) is 0 Å². The summed E-state index contributed by atoms with van der Waals surface area (Å²) in [6, 6.07) is 10.9. The van der Waals surface area contributed by atoms with Gasteiger partial charge in [-0.1, -0.05) is 31.5 Å². The molecule has 2 atom stereocenters. The molecule has 3 nitrogen and oxygen atoms in total. The molecule has 1 fully saturated rings. The summed E-state index contributed by atoms with van der Waals surface area (Å²) in [5.41, 5.74) is 2.17. The lowest BCUT2D eigenvalue weighted by Crippen LogP contribution is -2.34. The Morgan fingerprint density at radius 2 is 2.25 bits per heavy atom. The van der Waals surface area contributed by atoms with Gasteiger partial charge in [-0.05, 0) is 31.4 Å². The molecular formula is C17H22N2O. The van der Waals surface area contributed by atoms with Gasteiger partial charge >= 0.3 is 0 Å². The highest BCUT2D eigenvalue weighted by Gasteiger charge is 2.21. The molecule has 3 rings (SSSR count). The number of hydrogen-bond acceptors (Lipinski definition) is 3. The Labute approximate surface area is 120 Å². The van der Waals surface area contributed by atoms with Gasteiger partial charge in [-0.15, -0.1) is 0 Å². The summed E-state index contributed by atoms with van der Waals surface area (Å²) in [4.78, 5) is 4.51. The Kier molecular flexibility index (Phi) is 4.16. The van der Waals surface area contributed by atoms with Crippen molar-refractivity contribution in [3.05, 3.63) is 36.5 Å². The summed E-state index contributed by atoms with van der Waals surface area (Å²) in [5, 5.41) is 4.81. The zero-order valence-electron chi connectivity index (χ0n) is 12.0. The van der Waals surface area contributed by atoms with Crippen molar-refractivity contribution >= 4 is 16.6 Å². The molecule has 1 aromatic heterocycles. The number of benzene rings is 1. The maximum absolute atomic E-state index is 5.80. The van der Waals surface area contributed by atoms with Crippen LogP contribution in [0.15, 0.2) is 36.5 Å². The molecule has 2 unspecified atom stereocenters. The maximum atomic E-state index is 5.80. The van der Waals surface area contributed by atoms with E-state index in [2.05, 4.69) is 35.4 Å². The third-order valence-electron chi connectivity index (χ3n) is 3.94. The first kappa shape index (κ1) is 13.4. The molecule has 0 bridgehead atoms. The molecule has 3 heteroatoms. The van der Waals surface area contributed by atoms with Gasteiger partial charge in [0, 0.05) is 18.0 Å². The van der Waals surface area contributed by atoms with Crippen LogP contribution < -0.4 is 5.32 Å². The first-order valence-corrected chi connectivity index (χ1v) is 7.58. The molecule has 0 radical (unpaired) electrons. The van der Waals surface area contributed by atoms with Crippen molar-refractivity contribution in [2.45, 2.75) is 44.8 Å². The smallest absolute Gasteiger partial charge is 0.0703 e. The molecule has 1 aliphatic heterocycles. The van der Waals surface area contributed by atoms with Crippen LogP contribution in [0.25, 0.3) is 10.9 Å². The molecule has 106 valence electrons. The average molecular weight is 270 g/mol. The minimum atomic E-state index is 0.416. The van der Waals surface area contributed by atoms with Gasteiger partial charge in [0.25, 0.3) is 0 Å². The van der Waals surface area contributed by atoms with Crippen molar-refractivity contribution in [1.29, 1.82) is 0 Å². The van der Waals surface area contributed by atoms with Crippen molar-refractivity contribution in [3.63, 3.8) is 0 Å². The van der Waals surface area contributed by atoms with Crippen LogP contribution in [0.5, 0.6) is 0 Å². The lowest BCUT2D eigenvalue weighted by atomic mass is 10.00. The second kappa shape index (κ2) is 6.23. The van der Waals surface area contributed by atoms with E-state index in [-0.39, 0.29) is 0 Å². The monoisotopic (exact) mass is 270 g/mol. The highest BCUT2D eigenvalue weighted by molar-refractivity contribution is 5.81. The first-order chi connectivity index (χ1) is 9.85. The summed E-state index contributed by atoms with van der Waals surface area (Å²) >= 11 is 0. The first-order valence-electron chi connectivity index (χ1n) is 7.58. The van der Waals surface area contributed by atoms with E-state index in [1.807, 2.05) is 18.3 Å². The van der Waals surface area contributed by atoms with Gasteiger partial charge in [-0.3, -0.25) is 4.98 Å². The molecule has 0 spiro atoms. The Morgan fingerprint density at radius 1 is 1.35 bits per heavy atom. The van der Waals surface area contributed by atoms with E-state index < -0.39 is 0 Å². The van der Waals surface area contributed by atoms with Crippen LogP contribution in [0.1, 0.15) is 32.6 Å². The van der Waals surface area contributed by atoms with Crippen LogP contribution in [0, 0.1) is 0 Å². The number of rotatable bonds is 4. The summed E-state index contributed by atoms with van der Waals surface area (Å²) in [7, 11) is 0. The average Bonchev–Trinajstić information content (AvgIpc) is 2.48. The predicted molar refractivity (Wildman–Crippen MR) is 83.0 cm³/mol. The minimum Gasteiger partial charge on any atom is -0.381 e. The molecule has 1 saturated heterocycles. The second-order valence-corrected chi connectivity index (χ2v) is 5.56. The third-order valence-corrected chi connectivity index (χ3v) is 3.94. The highest BCUT2D eigenvalue weighted by atomic mass is 16.5. The van der Waals surface area contributed by atoms with Crippen molar-refractivity contribution < 1.29 is 4.74 Å². The largest absolute Gasteiger partial charge is 0.381 e. The summed E-state index contributed by atoms with van der Waals surface area (Å²) in [6.07, 6.45) is 6.88. The van der Waals surface area contributed by atoms with Crippen molar-refractivity contribution in [1.82, 2.24) is 4.98 Å². The number of hydrogen-bond donors (Lipinski definition) is 1. The van der Waals surface area contributed by atoms with Crippen LogP contribution in [-0.4, -0.2) is 23.7 Å². The van der Waals surface area contributed by atoms with Gasteiger partial charge < -0.3 is 10.1 Å². The van der Waals surface area contributed by atoms with E-state index in [0.717, 1.165) is 37.1 Å². The summed E-state index contributed by atoms with van der Waals surface area (Å²) in [5.74, 6) is 0. The molecule has 0 aliphatic carbocycles. The van der Waals surface area contributed by atoms with E-state index in [1.165, 1.54) is 11.8 Å². The number of para-hydroxylation sites is 1. The van der Waals surface area contributed by atoms with Crippen LogP contribution in [0.3, 0.4) is 0 Å². The zero-order chi connectivity index (χ0) is 13.8. The highest BCUT2D eigenvalue weighted by Crippen LogP contribution is 2.23. The molecule has 0 saturated carbocycles. The van der Waals surface area contributed by atoms with Crippen molar-refractivity contribution in [3.8, 4) is 0 Å². The lowest BCUT2D eigenvalue weighted by molar-refractivity contribution is 0.00598. The van der Waals surface area contributed by atoms with E-state index >= 15 is 0 Å². The predicted octanol–water partition coefficient (Wildman–Crippen LogP) is 3.99. The fraction of sp³-hybridized carbons (Fsp3) is 0.471. The summed E-state index contributed by atoms with van der Waals surface area (Å²) in [6.45, 7) is 3.08. The number of fused-ring (bicyclic) bond motifs is 1. The standard InChI is InChI=1S/C17H22N2O/c1-2-5-16-11-14(8-9-20-16)19-15-10-13-6-3-4-7-17(13)18-12-15/h3-4,6-7,10,12,14,16,19H,2,5,8-9,11H2,1H3. The topological polar surface area (TPSA) is 34.2 Å².